The van der Waals surface area contributed by atoms with Crippen molar-refractivity contribution in [1.82, 2.24) is 0 Å². The number of aliphatic hydroxyl groups excluding tert-OH is 1. The average molecular weight is 354 g/mol. The molecular weight excluding hydrogens is 336 g/mol. The van der Waals surface area contributed by atoms with Crippen molar-refractivity contribution in [3.8, 4) is 28.6 Å². The predicted molar refractivity (Wildman–Crippen MR) is 97.4 cm³/mol. The van der Waals surface area contributed by atoms with Gasteiger partial charge >= 0.3 is 0 Å². The third-order valence-corrected chi connectivity index (χ3v) is 4.14. The molecule has 2 aromatic carbocycles. The summed E-state index contributed by atoms with van der Waals surface area (Å²) in [6.45, 7) is 5.37. The molecule has 0 unspecified atom stereocenters. The van der Waals surface area contributed by atoms with E-state index in [4.69, 9.17) is 4.42 Å². The highest BCUT2D eigenvalue weighted by Gasteiger charge is 2.15. The standard InChI is InChI=1S/C20H18O6/c1-10(2)15(23)6-12-5-11(3-4-14(12)22)18-9-17(25)20-16(24)7-13(21)8-19(20)26-18/h3-5,7-9,15,21-24H,1,6H2,2H3/t15-/m1/s1. The van der Waals surface area contributed by atoms with Gasteiger partial charge in [-0.25, -0.2) is 0 Å². The van der Waals surface area contributed by atoms with Crippen molar-refractivity contribution < 1.29 is 24.8 Å². The van der Waals surface area contributed by atoms with Gasteiger partial charge in [0.2, 0.25) is 0 Å². The van der Waals surface area contributed by atoms with E-state index in [1.165, 1.54) is 18.2 Å². The van der Waals surface area contributed by atoms with Gasteiger partial charge in [-0.1, -0.05) is 12.2 Å². The van der Waals surface area contributed by atoms with Gasteiger partial charge in [0, 0.05) is 30.2 Å². The van der Waals surface area contributed by atoms with Gasteiger partial charge in [-0.3, -0.25) is 4.79 Å². The Bertz CT molecular complexity index is 1060. The second-order valence-corrected chi connectivity index (χ2v) is 6.22. The van der Waals surface area contributed by atoms with Crippen LogP contribution in [-0.4, -0.2) is 26.5 Å². The van der Waals surface area contributed by atoms with E-state index in [9.17, 15) is 25.2 Å². The minimum Gasteiger partial charge on any atom is -0.508 e. The molecular formula is C20H18O6. The van der Waals surface area contributed by atoms with Gasteiger partial charge in [0.05, 0.1) is 6.10 Å². The lowest BCUT2D eigenvalue weighted by atomic mass is 9.99. The lowest BCUT2D eigenvalue weighted by Gasteiger charge is -2.13. The van der Waals surface area contributed by atoms with Crippen LogP contribution in [0.5, 0.6) is 17.2 Å². The quantitative estimate of drug-likeness (QED) is 0.536. The Hall–Kier alpha value is -3.25. The number of rotatable bonds is 4. The molecule has 0 aliphatic heterocycles. The molecule has 0 aliphatic rings. The Morgan fingerprint density at radius 3 is 2.54 bits per heavy atom. The maximum Gasteiger partial charge on any atom is 0.197 e. The summed E-state index contributed by atoms with van der Waals surface area (Å²) in [5, 5.41) is 39.4. The summed E-state index contributed by atoms with van der Waals surface area (Å²) in [6, 6.07) is 8.15. The third kappa shape index (κ3) is 3.27. The number of aliphatic hydroxyl groups is 1. The van der Waals surface area contributed by atoms with Crippen LogP contribution in [-0.2, 0) is 6.42 Å². The summed E-state index contributed by atoms with van der Waals surface area (Å²) in [5.74, 6) is -0.381. The molecule has 6 heteroatoms. The summed E-state index contributed by atoms with van der Waals surface area (Å²) in [6.07, 6.45) is -0.650. The van der Waals surface area contributed by atoms with Crippen LogP contribution in [0.2, 0.25) is 0 Å². The Kier molecular flexibility index (Phi) is 4.44. The van der Waals surface area contributed by atoms with Crippen molar-refractivity contribution >= 4 is 11.0 Å². The van der Waals surface area contributed by atoms with Gasteiger partial charge in [-0.05, 0) is 30.7 Å². The number of benzene rings is 2. The average Bonchev–Trinajstić information content (AvgIpc) is 2.55. The van der Waals surface area contributed by atoms with Gasteiger partial charge in [0.1, 0.15) is 34.0 Å². The van der Waals surface area contributed by atoms with E-state index in [1.54, 1.807) is 19.1 Å². The first kappa shape index (κ1) is 17.6. The molecule has 134 valence electrons. The fourth-order valence-electron chi connectivity index (χ4n) is 2.68. The molecule has 0 saturated heterocycles. The monoisotopic (exact) mass is 354 g/mol. The molecule has 3 aromatic rings. The van der Waals surface area contributed by atoms with Crippen LogP contribution in [0.1, 0.15) is 12.5 Å². The van der Waals surface area contributed by atoms with Crippen LogP contribution in [0.15, 0.2) is 57.8 Å². The normalized spacial score (nSPS) is 12.2. The minimum atomic E-state index is -0.811. The molecule has 0 radical (unpaired) electrons. The van der Waals surface area contributed by atoms with E-state index in [-0.39, 0.29) is 40.4 Å². The van der Waals surface area contributed by atoms with E-state index >= 15 is 0 Å². The summed E-state index contributed by atoms with van der Waals surface area (Å²) in [5.41, 5.74) is 1.13. The van der Waals surface area contributed by atoms with Crippen molar-refractivity contribution in [3.63, 3.8) is 0 Å². The van der Waals surface area contributed by atoms with Crippen LogP contribution < -0.4 is 5.43 Å². The molecule has 1 heterocycles. The topological polar surface area (TPSA) is 111 Å². The fraction of sp³-hybridized carbons (Fsp3) is 0.150. The number of hydrogen-bond acceptors (Lipinski definition) is 6. The maximum atomic E-state index is 12.3. The second kappa shape index (κ2) is 6.57. The van der Waals surface area contributed by atoms with Crippen molar-refractivity contribution in [2.45, 2.75) is 19.4 Å². The van der Waals surface area contributed by atoms with Crippen LogP contribution >= 0.6 is 0 Å². The van der Waals surface area contributed by atoms with E-state index in [1.807, 2.05) is 0 Å². The zero-order valence-corrected chi connectivity index (χ0v) is 14.1. The first-order valence-electron chi connectivity index (χ1n) is 7.92. The smallest absolute Gasteiger partial charge is 0.197 e. The predicted octanol–water partition coefficient (Wildman–Crippen LogP) is 3.06. The Morgan fingerprint density at radius 1 is 1.12 bits per heavy atom. The van der Waals surface area contributed by atoms with Crippen molar-refractivity contribution in [1.29, 1.82) is 0 Å². The number of phenolic OH excluding ortho intramolecular Hbond substituents is 3. The number of aromatic hydroxyl groups is 3. The summed E-state index contributed by atoms with van der Waals surface area (Å²) < 4.78 is 5.66. The number of fused-ring (bicyclic) bond motifs is 1. The van der Waals surface area contributed by atoms with Gasteiger partial charge in [0.15, 0.2) is 5.43 Å². The first-order chi connectivity index (χ1) is 12.3. The number of hydrogen-bond donors (Lipinski definition) is 4. The fourth-order valence-corrected chi connectivity index (χ4v) is 2.68. The largest absolute Gasteiger partial charge is 0.508 e. The molecule has 1 aromatic heterocycles. The van der Waals surface area contributed by atoms with E-state index in [0.717, 1.165) is 6.07 Å². The van der Waals surface area contributed by atoms with Gasteiger partial charge < -0.3 is 24.8 Å². The van der Waals surface area contributed by atoms with Crippen LogP contribution in [0.4, 0.5) is 0 Å². The summed E-state index contributed by atoms with van der Waals surface area (Å²) >= 11 is 0. The molecule has 0 bridgehead atoms. The van der Waals surface area contributed by atoms with Crippen LogP contribution in [0.25, 0.3) is 22.3 Å². The van der Waals surface area contributed by atoms with Crippen molar-refractivity contribution in [2.75, 3.05) is 0 Å². The van der Waals surface area contributed by atoms with Crippen LogP contribution in [0.3, 0.4) is 0 Å². The molecule has 0 aliphatic carbocycles. The van der Waals surface area contributed by atoms with Gasteiger partial charge in [-0.2, -0.15) is 0 Å². The maximum absolute atomic E-state index is 12.3. The van der Waals surface area contributed by atoms with Crippen LogP contribution in [0, 0.1) is 0 Å². The highest BCUT2D eigenvalue weighted by Crippen LogP contribution is 2.32. The zero-order valence-electron chi connectivity index (χ0n) is 14.1. The third-order valence-electron chi connectivity index (χ3n) is 4.14. The molecule has 0 saturated carbocycles. The SMILES string of the molecule is C=C(C)[C@H](O)Cc1cc(-c2cc(=O)c3c(O)cc(O)cc3o2)ccc1O. The Balaban J connectivity index is 2.12. The molecule has 0 spiro atoms. The summed E-state index contributed by atoms with van der Waals surface area (Å²) in [7, 11) is 0. The first-order valence-corrected chi connectivity index (χ1v) is 7.92. The lowest BCUT2D eigenvalue weighted by Crippen LogP contribution is -2.11. The van der Waals surface area contributed by atoms with Gasteiger partial charge in [0.25, 0.3) is 0 Å². The van der Waals surface area contributed by atoms with E-state index in [2.05, 4.69) is 6.58 Å². The van der Waals surface area contributed by atoms with Gasteiger partial charge in [-0.15, -0.1) is 0 Å². The zero-order chi connectivity index (χ0) is 19.0. The molecule has 4 N–H and O–H groups in total. The Labute approximate surface area is 148 Å². The molecule has 6 nitrogen and oxygen atoms in total. The lowest BCUT2D eigenvalue weighted by molar-refractivity contribution is 0.210. The molecule has 1 atom stereocenters. The molecule has 0 amide bonds. The number of phenols is 3. The molecule has 3 rings (SSSR count). The Morgan fingerprint density at radius 2 is 1.85 bits per heavy atom. The van der Waals surface area contributed by atoms with Crippen molar-refractivity contribution in [3.05, 3.63) is 64.3 Å². The van der Waals surface area contributed by atoms with Crippen molar-refractivity contribution in [2.24, 2.45) is 0 Å². The molecule has 26 heavy (non-hydrogen) atoms. The minimum absolute atomic E-state index is 0.00692. The summed E-state index contributed by atoms with van der Waals surface area (Å²) in [4.78, 5) is 12.3. The highest BCUT2D eigenvalue weighted by molar-refractivity contribution is 5.86. The van der Waals surface area contributed by atoms with E-state index < -0.39 is 11.5 Å². The van der Waals surface area contributed by atoms with E-state index in [0.29, 0.717) is 16.7 Å². The highest BCUT2D eigenvalue weighted by atomic mass is 16.3. The molecule has 0 fully saturated rings. The second-order valence-electron chi connectivity index (χ2n) is 6.22.